The molecule has 0 aliphatic rings. The minimum Gasteiger partial charge on any atom is -0.459 e. The van der Waals surface area contributed by atoms with Gasteiger partial charge in [-0.1, -0.05) is 13.8 Å². The Labute approximate surface area is 114 Å². The van der Waals surface area contributed by atoms with E-state index in [2.05, 4.69) is 10.6 Å². The number of amides is 2. The number of esters is 1. The maximum atomic E-state index is 11.9. The lowest BCUT2D eigenvalue weighted by Crippen LogP contribution is -2.50. The maximum absolute atomic E-state index is 11.9. The molecule has 1 atom stereocenters. The molecule has 19 heavy (non-hydrogen) atoms. The van der Waals surface area contributed by atoms with Gasteiger partial charge >= 0.3 is 5.97 Å². The summed E-state index contributed by atoms with van der Waals surface area (Å²) in [4.78, 5) is 34.3. The Kier molecular flexibility index (Phi) is 6.52. The van der Waals surface area contributed by atoms with Gasteiger partial charge in [-0.05, 0) is 26.7 Å². The predicted octanol–water partition coefficient (Wildman–Crippen LogP) is 0.605. The second kappa shape index (κ2) is 7.11. The molecule has 0 saturated heterocycles. The average molecular weight is 272 g/mol. The summed E-state index contributed by atoms with van der Waals surface area (Å²) in [5.41, 5.74) is -0.586. The van der Waals surface area contributed by atoms with Crippen molar-refractivity contribution >= 4 is 17.8 Å². The van der Waals surface area contributed by atoms with Crippen LogP contribution in [-0.2, 0) is 19.1 Å². The number of ether oxygens (including phenoxy) is 1. The first-order chi connectivity index (χ1) is 8.53. The Bertz CT molecular complexity index is 345. The summed E-state index contributed by atoms with van der Waals surface area (Å²) in [6.45, 7) is 10.0. The molecule has 6 heteroatoms. The largest absolute Gasteiger partial charge is 0.459 e. The van der Waals surface area contributed by atoms with E-state index in [1.54, 1.807) is 20.8 Å². The van der Waals surface area contributed by atoms with Crippen molar-refractivity contribution in [3.05, 3.63) is 0 Å². The van der Waals surface area contributed by atoms with Crippen molar-refractivity contribution in [1.29, 1.82) is 0 Å². The van der Waals surface area contributed by atoms with Gasteiger partial charge in [-0.3, -0.25) is 14.4 Å². The van der Waals surface area contributed by atoms with Crippen molar-refractivity contribution < 1.29 is 19.1 Å². The van der Waals surface area contributed by atoms with Crippen molar-refractivity contribution in [3.8, 4) is 0 Å². The van der Waals surface area contributed by atoms with Crippen LogP contribution in [0.15, 0.2) is 0 Å². The highest BCUT2D eigenvalue weighted by molar-refractivity contribution is 5.89. The lowest BCUT2D eigenvalue weighted by atomic mass is 10.0. The number of nitrogens with one attached hydrogen (secondary N) is 2. The smallest absolute Gasteiger partial charge is 0.325 e. The van der Waals surface area contributed by atoms with Gasteiger partial charge in [0.1, 0.15) is 18.2 Å². The molecule has 2 N–H and O–H groups in total. The zero-order valence-corrected chi connectivity index (χ0v) is 12.5. The van der Waals surface area contributed by atoms with Crippen molar-refractivity contribution in [3.63, 3.8) is 0 Å². The molecule has 0 radical (unpaired) electrons. The van der Waals surface area contributed by atoms with E-state index < -0.39 is 23.5 Å². The Hall–Kier alpha value is -1.59. The average Bonchev–Trinajstić information content (AvgIpc) is 2.19. The molecule has 2 amide bonds. The highest BCUT2D eigenvalue weighted by atomic mass is 16.6. The van der Waals surface area contributed by atoms with Crippen LogP contribution in [0.25, 0.3) is 0 Å². The fourth-order valence-corrected chi connectivity index (χ4v) is 1.40. The normalized spacial score (nSPS) is 12.8. The van der Waals surface area contributed by atoms with Gasteiger partial charge in [0.25, 0.3) is 0 Å². The fourth-order valence-electron chi connectivity index (χ4n) is 1.40. The van der Waals surface area contributed by atoms with Gasteiger partial charge in [0, 0.05) is 6.92 Å². The number of hydrogen-bond acceptors (Lipinski definition) is 4. The summed E-state index contributed by atoms with van der Waals surface area (Å²) >= 11 is 0. The first-order valence-electron chi connectivity index (χ1n) is 6.29. The van der Waals surface area contributed by atoms with Gasteiger partial charge in [0.15, 0.2) is 0 Å². The van der Waals surface area contributed by atoms with Gasteiger partial charge in [-0.2, -0.15) is 0 Å². The standard InChI is InChI=1S/C13H24N2O4/c1-8(2)11(15-9(3)16)12(18)14-7-10(17)19-13(4,5)6/h8,11H,7H2,1-6H3,(H,14,18)(H,15,16). The van der Waals surface area contributed by atoms with Crippen molar-refractivity contribution in [2.45, 2.75) is 53.2 Å². The molecule has 0 aliphatic carbocycles. The minimum absolute atomic E-state index is 0.0671. The van der Waals surface area contributed by atoms with Crippen LogP contribution in [0.5, 0.6) is 0 Å². The molecule has 0 aliphatic heterocycles. The monoisotopic (exact) mass is 272 g/mol. The van der Waals surface area contributed by atoms with E-state index in [1.807, 2.05) is 13.8 Å². The van der Waals surface area contributed by atoms with Crippen LogP contribution >= 0.6 is 0 Å². The van der Waals surface area contributed by atoms with E-state index in [9.17, 15) is 14.4 Å². The second-order valence-electron chi connectivity index (χ2n) is 5.73. The van der Waals surface area contributed by atoms with E-state index in [4.69, 9.17) is 4.74 Å². The quantitative estimate of drug-likeness (QED) is 0.718. The molecule has 0 fully saturated rings. The second-order valence-corrected chi connectivity index (χ2v) is 5.73. The molecule has 0 spiro atoms. The summed E-state index contributed by atoms with van der Waals surface area (Å²) in [7, 11) is 0. The van der Waals surface area contributed by atoms with E-state index in [1.165, 1.54) is 6.92 Å². The van der Waals surface area contributed by atoms with Gasteiger partial charge < -0.3 is 15.4 Å². The molecule has 0 heterocycles. The van der Waals surface area contributed by atoms with Crippen LogP contribution in [-0.4, -0.2) is 36.0 Å². The third-order valence-electron chi connectivity index (χ3n) is 2.13. The van der Waals surface area contributed by atoms with Crippen molar-refractivity contribution in [2.75, 3.05) is 6.54 Å². The first-order valence-corrected chi connectivity index (χ1v) is 6.29. The summed E-state index contributed by atoms with van der Waals surface area (Å²) in [5.74, 6) is -1.25. The van der Waals surface area contributed by atoms with Gasteiger partial charge in [0.2, 0.25) is 11.8 Å². The van der Waals surface area contributed by atoms with Crippen LogP contribution in [0.2, 0.25) is 0 Å². The number of hydrogen-bond donors (Lipinski definition) is 2. The van der Waals surface area contributed by atoms with Crippen LogP contribution < -0.4 is 10.6 Å². The molecular weight excluding hydrogens is 248 g/mol. The zero-order valence-electron chi connectivity index (χ0n) is 12.5. The van der Waals surface area contributed by atoms with Crippen LogP contribution in [0.3, 0.4) is 0 Å². The highest BCUT2D eigenvalue weighted by Gasteiger charge is 2.24. The third-order valence-corrected chi connectivity index (χ3v) is 2.13. The van der Waals surface area contributed by atoms with E-state index in [-0.39, 0.29) is 18.4 Å². The van der Waals surface area contributed by atoms with Gasteiger partial charge in [-0.25, -0.2) is 0 Å². The Morgan fingerprint density at radius 1 is 1.16 bits per heavy atom. The molecule has 0 aromatic carbocycles. The lowest BCUT2D eigenvalue weighted by molar-refractivity contribution is -0.154. The van der Waals surface area contributed by atoms with Crippen LogP contribution in [0, 0.1) is 5.92 Å². The Morgan fingerprint density at radius 2 is 1.68 bits per heavy atom. The Balaban J connectivity index is 4.34. The molecule has 0 aromatic heterocycles. The highest BCUT2D eigenvalue weighted by Crippen LogP contribution is 2.06. The molecular formula is C13H24N2O4. The minimum atomic E-state index is -0.653. The summed E-state index contributed by atoms with van der Waals surface area (Å²) in [6.07, 6.45) is 0. The summed E-state index contributed by atoms with van der Waals surface area (Å²) in [6, 6.07) is -0.653. The third kappa shape index (κ3) is 8.18. The molecule has 0 aromatic rings. The predicted molar refractivity (Wildman–Crippen MR) is 71.3 cm³/mol. The van der Waals surface area contributed by atoms with Gasteiger partial charge in [0.05, 0.1) is 0 Å². The van der Waals surface area contributed by atoms with E-state index in [0.29, 0.717) is 0 Å². The van der Waals surface area contributed by atoms with Crippen molar-refractivity contribution in [1.82, 2.24) is 10.6 Å². The number of carbonyl (C=O) groups excluding carboxylic acids is 3. The molecule has 6 nitrogen and oxygen atoms in total. The molecule has 0 saturated carbocycles. The molecule has 1 unspecified atom stereocenters. The maximum Gasteiger partial charge on any atom is 0.325 e. The zero-order chi connectivity index (χ0) is 15.2. The topological polar surface area (TPSA) is 84.5 Å². The SMILES string of the molecule is CC(=O)NC(C(=O)NCC(=O)OC(C)(C)C)C(C)C. The van der Waals surface area contributed by atoms with Crippen LogP contribution in [0.1, 0.15) is 41.5 Å². The molecule has 0 bridgehead atoms. The van der Waals surface area contributed by atoms with E-state index >= 15 is 0 Å². The van der Waals surface area contributed by atoms with Gasteiger partial charge in [-0.15, -0.1) is 0 Å². The van der Waals surface area contributed by atoms with E-state index in [0.717, 1.165) is 0 Å². The fraction of sp³-hybridized carbons (Fsp3) is 0.769. The lowest BCUT2D eigenvalue weighted by Gasteiger charge is -2.22. The Morgan fingerprint density at radius 3 is 2.05 bits per heavy atom. The number of carbonyl (C=O) groups is 3. The van der Waals surface area contributed by atoms with Crippen LogP contribution in [0.4, 0.5) is 0 Å². The summed E-state index contributed by atoms with van der Waals surface area (Å²) in [5, 5.41) is 5.01. The number of rotatable bonds is 5. The summed E-state index contributed by atoms with van der Waals surface area (Å²) < 4.78 is 5.07. The first kappa shape index (κ1) is 17.4. The molecule has 110 valence electrons. The van der Waals surface area contributed by atoms with Crippen molar-refractivity contribution in [2.24, 2.45) is 5.92 Å². The molecule has 0 rings (SSSR count).